The lowest BCUT2D eigenvalue weighted by atomic mass is 10.2. The first-order chi connectivity index (χ1) is 12.9. The average molecular weight is 386 g/mol. The van der Waals surface area contributed by atoms with Crippen LogP contribution in [-0.4, -0.2) is 30.3 Å². The molecular weight excluding hydrogens is 370 g/mol. The second-order valence-corrected chi connectivity index (χ2v) is 6.97. The van der Waals surface area contributed by atoms with Crippen LogP contribution in [0, 0.1) is 11.6 Å². The molecule has 1 aromatic heterocycles. The van der Waals surface area contributed by atoms with E-state index in [0.717, 1.165) is 10.4 Å². The fourth-order valence-corrected chi connectivity index (χ4v) is 3.47. The molecule has 3 rings (SSSR count). The highest BCUT2D eigenvalue weighted by molar-refractivity contribution is 7.17. The van der Waals surface area contributed by atoms with Crippen LogP contribution in [0.25, 0.3) is 10.4 Å². The van der Waals surface area contributed by atoms with Crippen LogP contribution < -0.4 is 5.32 Å². The van der Waals surface area contributed by atoms with Gasteiger partial charge < -0.3 is 10.2 Å². The van der Waals surface area contributed by atoms with Crippen molar-refractivity contribution in [1.29, 1.82) is 0 Å². The van der Waals surface area contributed by atoms with Crippen molar-refractivity contribution >= 4 is 28.8 Å². The monoisotopic (exact) mass is 386 g/mol. The summed E-state index contributed by atoms with van der Waals surface area (Å²) in [7, 11) is 1.52. The van der Waals surface area contributed by atoms with Crippen LogP contribution in [0.5, 0.6) is 0 Å². The Morgan fingerprint density at radius 2 is 1.74 bits per heavy atom. The summed E-state index contributed by atoms with van der Waals surface area (Å²) < 4.78 is 26.2. The van der Waals surface area contributed by atoms with Crippen molar-refractivity contribution in [2.75, 3.05) is 18.9 Å². The highest BCUT2D eigenvalue weighted by Crippen LogP contribution is 2.28. The van der Waals surface area contributed by atoms with E-state index in [-0.39, 0.29) is 18.3 Å². The summed E-state index contributed by atoms with van der Waals surface area (Å²) in [6, 6.07) is 15.0. The van der Waals surface area contributed by atoms with Gasteiger partial charge in [0, 0.05) is 17.6 Å². The number of carbonyl (C=O) groups is 2. The maximum atomic E-state index is 13.2. The third-order valence-corrected chi connectivity index (χ3v) is 4.90. The van der Waals surface area contributed by atoms with Crippen LogP contribution in [0.1, 0.15) is 9.67 Å². The van der Waals surface area contributed by atoms with Gasteiger partial charge >= 0.3 is 0 Å². The summed E-state index contributed by atoms with van der Waals surface area (Å²) in [5.41, 5.74) is 1.14. The van der Waals surface area contributed by atoms with Gasteiger partial charge in [0.2, 0.25) is 5.91 Å². The van der Waals surface area contributed by atoms with E-state index in [1.54, 1.807) is 30.3 Å². The summed E-state index contributed by atoms with van der Waals surface area (Å²) in [6.07, 6.45) is 0. The molecule has 0 atom stereocenters. The Bertz CT molecular complexity index is 970. The van der Waals surface area contributed by atoms with Gasteiger partial charge in [-0.3, -0.25) is 9.59 Å². The van der Waals surface area contributed by atoms with Gasteiger partial charge in [-0.2, -0.15) is 0 Å². The third-order valence-electron chi connectivity index (χ3n) is 3.78. The van der Waals surface area contributed by atoms with Crippen molar-refractivity contribution in [2.24, 2.45) is 0 Å². The van der Waals surface area contributed by atoms with Gasteiger partial charge in [0.05, 0.1) is 11.4 Å². The highest BCUT2D eigenvalue weighted by Gasteiger charge is 2.17. The van der Waals surface area contributed by atoms with Gasteiger partial charge in [-0.25, -0.2) is 8.78 Å². The largest absolute Gasteiger partial charge is 0.332 e. The molecule has 0 saturated heterocycles. The van der Waals surface area contributed by atoms with Crippen molar-refractivity contribution in [1.82, 2.24) is 4.90 Å². The Morgan fingerprint density at radius 1 is 1.00 bits per heavy atom. The van der Waals surface area contributed by atoms with Gasteiger partial charge in [-0.15, -0.1) is 11.3 Å². The van der Waals surface area contributed by atoms with Crippen LogP contribution in [0.4, 0.5) is 14.5 Å². The second kappa shape index (κ2) is 8.09. The van der Waals surface area contributed by atoms with Crippen LogP contribution in [-0.2, 0) is 4.79 Å². The van der Waals surface area contributed by atoms with Crippen LogP contribution in [0.3, 0.4) is 0 Å². The minimum atomic E-state index is -0.455. The Hall–Kier alpha value is -3.06. The average Bonchev–Trinajstić information content (AvgIpc) is 3.11. The third kappa shape index (κ3) is 4.77. The molecule has 0 bridgehead atoms. The fourth-order valence-electron chi connectivity index (χ4n) is 2.46. The number of halogens is 2. The number of likely N-dealkylation sites (N-methyl/N-ethyl adjacent to an activating group) is 1. The zero-order valence-electron chi connectivity index (χ0n) is 14.4. The SMILES string of the molecule is CN(CC(=O)Nc1cccc(F)c1)C(=O)c1ccc(-c2ccc(F)cc2)s1. The van der Waals surface area contributed by atoms with E-state index in [4.69, 9.17) is 0 Å². The lowest BCUT2D eigenvalue weighted by Crippen LogP contribution is -2.34. The molecule has 27 heavy (non-hydrogen) atoms. The van der Waals surface area contributed by atoms with E-state index in [2.05, 4.69) is 5.32 Å². The van der Waals surface area contributed by atoms with Crippen molar-refractivity contribution in [2.45, 2.75) is 0 Å². The van der Waals surface area contributed by atoms with Crippen molar-refractivity contribution in [3.05, 3.63) is 77.2 Å². The number of nitrogens with one attached hydrogen (secondary N) is 1. The molecule has 1 N–H and O–H groups in total. The number of rotatable bonds is 5. The molecule has 0 fully saturated rings. The molecular formula is C20H16F2N2O2S. The molecule has 0 radical (unpaired) electrons. The molecule has 4 nitrogen and oxygen atoms in total. The van der Waals surface area contributed by atoms with Gasteiger partial charge in [-0.1, -0.05) is 18.2 Å². The summed E-state index contributed by atoms with van der Waals surface area (Å²) in [5.74, 6) is -1.51. The lowest BCUT2D eigenvalue weighted by Gasteiger charge is -2.16. The Balaban J connectivity index is 1.63. The molecule has 0 unspecified atom stereocenters. The normalized spacial score (nSPS) is 10.5. The molecule has 7 heteroatoms. The van der Waals surface area contributed by atoms with E-state index in [0.29, 0.717) is 10.6 Å². The predicted octanol–water partition coefficient (Wildman–Crippen LogP) is 4.40. The molecule has 0 spiro atoms. The summed E-state index contributed by atoms with van der Waals surface area (Å²) >= 11 is 1.27. The number of benzene rings is 2. The summed E-state index contributed by atoms with van der Waals surface area (Å²) in [4.78, 5) is 27.2. The van der Waals surface area contributed by atoms with E-state index in [1.807, 2.05) is 0 Å². The fraction of sp³-hybridized carbons (Fsp3) is 0.100. The van der Waals surface area contributed by atoms with Gasteiger partial charge in [0.25, 0.3) is 5.91 Å². The minimum absolute atomic E-state index is 0.168. The number of nitrogens with zero attached hydrogens (tertiary/aromatic N) is 1. The zero-order chi connectivity index (χ0) is 19.4. The summed E-state index contributed by atoms with van der Waals surface area (Å²) in [6.45, 7) is -0.168. The molecule has 0 aliphatic heterocycles. The predicted molar refractivity (Wildman–Crippen MR) is 102 cm³/mol. The number of hydrogen-bond donors (Lipinski definition) is 1. The summed E-state index contributed by atoms with van der Waals surface area (Å²) in [5, 5.41) is 2.55. The number of hydrogen-bond acceptors (Lipinski definition) is 3. The van der Waals surface area contributed by atoms with E-state index < -0.39 is 11.7 Å². The van der Waals surface area contributed by atoms with Gasteiger partial charge in [0.15, 0.2) is 0 Å². The maximum absolute atomic E-state index is 13.2. The molecule has 2 aromatic carbocycles. The van der Waals surface area contributed by atoms with Crippen molar-refractivity contribution in [3.8, 4) is 10.4 Å². The smallest absolute Gasteiger partial charge is 0.264 e. The van der Waals surface area contributed by atoms with Crippen LogP contribution >= 0.6 is 11.3 Å². The maximum Gasteiger partial charge on any atom is 0.264 e. The Morgan fingerprint density at radius 3 is 2.44 bits per heavy atom. The molecule has 2 amide bonds. The minimum Gasteiger partial charge on any atom is -0.332 e. The number of anilines is 1. The highest BCUT2D eigenvalue weighted by atomic mass is 32.1. The Kier molecular flexibility index (Phi) is 5.61. The van der Waals surface area contributed by atoms with E-state index in [9.17, 15) is 18.4 Å². The molecule has 3 aromatic rings. The van der Waals surface area contributed by atoms with Gasteiger partial charge in [0.1, 0.15) is 11.6 Å². The van der Waals surface area contributed by atoms with Crippen molar-refractivity contribution in [3.63, 3.8) is 0 Å². The first-order valence-corrected chi connectivity index (χ1v) is 8.90. The molecule has 138 valence electrons. The first kappa shape index (κ1) is 18.7. The number of thiophene rings is 1. The van der Waals surface area contributed by atoms with Crippen LogP contribution in [0.2, 0.25) is 0 Å². The van der Waals surface area contributed by atoms with Gasteiger partial charge in [-0.05, 0) is 48.0 Å². The lowest BCUT2D eigenvalue weighted by molar-refractivity contribution is -0.116. The topological polar surface area (TPSA) is 49.4 Å². The molecule has 1 heterocycles. The van der Waals surface area contributed by atoms with E-state index in [1.165, 1.54) is 53.6 Å². The van der Waals surface area contributed by atoms with E-state index >= 15 is 0 Å². The van der Waals surface area contributed by atoms with Crippen LogP contribution in [0.15, 0.2) is 60.7 Å². The molecule has 0 saturated carbocycles. The number of carbonyl (C=O) groups excluding carboxylic acids is 2. The standard InChI is InChI=1S/C20H16F2N2O2S/c1-24(12-19(25)23-16-4-2-3-15(22)11-16)20(26)18-10-9-17(27-18)13-5-7-14(21)8-6-13/h2-11H,12H2,1H3,(H,23,25). The number of amides is 2. The van der Waals surface area contributed by atoms with Crippen molar-refractivity contribution < 1.29 is 18.4 Å². The molecule has 0 aliphatic carbocycles. The molecule has 0 aliphatic rings. The second-order valence-electron chi connectivity index (χ2n) is 5.89. The first-order valence-electron chi connectivity index (χ1n) is 8.09. The Labute approximate surface area is 159 Å². The zero-order valence-corrected chi connectivity index (χ0v) is 15.2. The quantitative estimate of drug-likeness (QED) is 0.706.